The first kappa shape index (κ1) is 21.8. The lowest BCUT2D eigenvalue weighted by molar-refractivity contribution is -0.123. The summed E-state index contributed by atoms with van der Waals surface area (Å²) in [4.78, 5) is 26.4. The van der Waals surface area contributed by atoms with E-state index in [1.54, 1.807) is 14.0 Å². The molecule has 0 aliphatic rings. The number of thiophene rings is 1. The molecule has 0 saturated carbocycles. The van der Waals surface area contributed by atoms with Crippen LogP contribution in [0.5, 0.6) is 5.75 Å². The second-order valence-electron chi connectivity index (χ2n) is 8.09. The predicted octanol–water partition coefficient (Wildman–Crippen LogP) is 6.05. The molecule has 6 heteroatoms. The van der Waals surface area contributed by atoms with E-state index >= 15 is 0 Å². The molecular weight excluding hydrogens is 398 g/mol. The van der Waals surface area contributed by atoms with Crippen molar-refractivity contribution in [1.82, 2.24) is 0 Å². The topological polar surface area (TPSA) is 64.6 Å². The molecule has 5 nitrogen and oxygen atoms in total. The highest BCUT2D eigenvalue weighted by Crippen LogP contribution is 2.42. The van der Waals surface area contributed by atoms with Crippen molar-refractivity contribution in [2.24, 2.45) is 5.41 Å². The Labute approximate surface area is 181 Å². The van der Waals surface area contributed by atoms with Crippen LogP contribution in [0.25, 0.3) is 21.9 Å². The van der Waals surface area contributed by atoms with Gasteiger partial charge in [0.25, 0.3) is 0 Å². The minimum atomic E-state index is -0.577. The number of hydrogen-bond acceptors (Lipinski definition) is 5. The van der Waals surface area contributed by atoms with Crippen molar-refractivity contribution in [1.29, 1.82) is 0 Å². The van der Waals surface area contributed by atoms with Crippen LogP contribution in [0.3, 0.4) is 0 Å². The van der Waals surface area contributed by atoms with Gasteiger partial charge in [-0.05, 0) is 48.4 Å². The van der Waals surface area contributed by atoms with Crippen molar-refractivity contribution >= 4 is 39.0 Å². The fourth-order valence-corrected chi connectivity index (χ4v) is 4.23. The van der Waals surface area contributed by atoms with Crippen molar-refractivity contribution in [3.63, 3.8) is 0 Å². The Morgan fingerprint density at radius 2 is 1.73 bits per heavy atom. The van der Waals surface area contributed by atoms with Crippen LogP contribution in [-0.4, -0.2) is 25.6 Å². The van der Waals surface area contributed by atoms with Gasteiger partial charge in [-0.25, -0.2) is 4.79 Å². The van der Waals surface area contributed by atoms with Crippen LogP contribution >= 0.6 is 11.3 Å². The van der Waals surface area contributed by atoms with E-state index in [1.165, 1.54) is 11.3 Å². The zero-order chi connectivity index (χ0) is 22.1. The van der Waals surface area contributed by atoms with Gasteiger partial charge < -0.3 is 14.8 Å². The maximum Gasteiger partial charge on any atom is 0.341 e. The molecule has 1 aromatic heterocycles. The normalized spacial score (nSPS) is 11.4. The highest BCUT2D eigenvalue weighted by atomic mass is 32.1. The molecule has 3 rings (SSSR count). The molecule has 2 aromatic carbocycles. The lowest BCUT2D eigenvalue weighted by Crippen LogP contribution is -2.28. The molecule has 0 aliphatic carbocycles. The van der Waals surface area contributed by atoms with Crippen LogP contribution in [0.1, 0.15) is 42.9 Å². The fraction of sp³-hybridized carbons (Fsp3) is 0.333. The fourth-order valence-electron chi connectivity index (χ4n) is 3.18. The second-order valence-corrected chi connectivity index (χ2v) is 9.31. The first-order valence-electron chi connectivity index (χ1n) is 9.85. The van der Waals surface area contributed by atoms with E-state index in [0.717, 1.165) is 32.5 Å². The maximum atomic E-state index is 12.9. The minimum Gasteiger partial charge on any atom is -0.497 e. The van der Waals surface area contributed by atoms with Crippen molar-refractivity contribution in [3.05, 3.63) is 46.8 Å². The number of esters is 1. The number of aryl methyl sites for hydroxylation is 1. The molecule has 0 fully saturated rings. The van der Waals surface area contributed by atoms with E-state index in [9.17, 15) is 9.59 Å². The number of carbonyl (C=O) groups excluding carboxylic acids is 2. The highest BCUT2D eigenvalue weighted by molar-refractivity contribution is 7.17. The Morgan fingerprint density at radius 3 is 2.37 bits per heavy atom. The summed E-state index contributed by atoms with van der Waals surface area (Å²) in [6, 6.07) is 11.9. The average Bonchev–Trinajstić information content (AvgIpc) is 3.02. The Balaban J connectivity index is 2.14. The van der Waals surface area contributed by atoms with E-state index in [-0.39, 0.29) is 12.5 Å². The number of benzene rings is 2. The van der Waals surface area contributed by atoms with Gasteiger partial charge in [-0.1, -0.05) is 39.0 Å². The number of nitrogens with one attached hydrogen (secondary N) is 1. The third-order valence-electron chi connectivity index (χ3n) is 4.81. The number of hydrogen-bond donors (Lipinski definition) is 1. The largest absolute Gasteiger partial charge is 0.497 e. The number of amides is 1. The monoisotopic (exact) mass is 425 g/mol. The van der Waals surface area contributed by atoms with Crippen LogP contribution in [0.2, 0.25) is 0 Å². The molecule has 0 aliphatic heterocycles. The van der Waals surface area contributed by atoms with Crippen LogP contribution in [0.4, 0.5) is 5.00 Å². The Hall–Kier alpha value is -2.86. The van der Waals surface area contributed by atoms with Gasteiger partial charge in [0.05, 0.1) is 13.7 Å². The van der Waals surface area contributed by atoms with E-state index in [2.05, 4.69) is 5.32 Å². The summed E-state index contributed by atoms with van der Waals surface area (Å²) in [7, 11) is 1.64. The lowest BCUT2D eigenvalue weighted by atomic mass is 9.95. The van der Waals surface area contributed by atoms with E-state index < -0.39 is 11.4 Å². The molecule has 3 aromatic rings. The molecule has 1 amide bonds. The van der Waals surface area contributed by atoms with Crippen LogP contribution in [0.15, 0.2) is 36.4 Å². The van der Waals surface area contributed by atoms with E-state index in [1.807, 2.05) is 64.1 Å². The van der Waals surface area contributed by atoms with Crippen LogP contribution in [-0.2, 0) is 9.53 Å². The molecule has 0 radical (unpaired) electrons. The molecule has 0 spiro atoms. The van der Waals surface area contributed by atoms with Crippen molar-refractivity contribution in [3.8, 4) is 16.9 Å². The van der Waals surface area contributed by atoms with Gasteiger partial charge in [0.1, 0.15) is 16.3 Å². The van der Waals surface area contributed by atoms with Crippen molar-refractivity contribution < 1.29 is 19.1 Å². The van der Waals surface area contributed by atoms with Gasteiger partial charge in [0.2, 0.25) is 5.91 Å². The summed E-state index contributed by atoms with van der Waals surface area (Å²) in [6.45, 7) is 9.50. The quantitative estimate of drug-likeness (QED) is 0.506. The molecule has 0 bridgehead atoms. The summed E-state index contributed by atoms with van der Waals surface area (Å²) in [5, 5.41) is 5.54. The molecule has 30 heavy (non-hydrogen) atoms. The van der Waals surface area contributed by atoms with Gasteiger partial charge in [-0.3, -0.25) is 4.79 Å². The van der Waals surface area contributed by atoms with Crippen LogP contribution in [0, 0.1) is 12.3 Å². The first-order valence-corrected chi connectivity index (χ1v) is 10.7. The third kappa shape index (κ3) is 4.33. The molecule has 1 heterocycles. The number of ether oxygens (including phenoxy) is 2. The number of fused-ring (bicyclic) bond motifs is 1. The second kappa shape index (κ2) is 8.48. The Kier molecular flexibility index (Phi) is 6.17. The third-order valence-corrected chi connectivity index (χ3v) is 5.83. The van der Waals surface area contributed by atoms with Crippen LogP contribution < -0.4 is 10.1 Å². The van der Waals surface area contributed by atoms with Crippen molar-refractivity contribution in [2.45, 2.75) is 34.6 Å². The minimum absolute atomic E-state index is 0.147. The van der Waals surface area contributed by atoms with Crippen molar-refractivity contribution in [2.75, 3.05) is 19.0 Å². The van der Waals surface area contributed by atoms with Gasteiger partial charge >= 0.3 is 5.97 Å². The molecule has 1 N–H and O–H groups in total. The van der Waals surface area contributed by atoms with Gasteiger partial charge in [-0.2, -0.15) is 0 Å². The lowest BCUT2D eigenvalue weighted by Gasteiger charge is -2.17. The Bertz CT molecular complexity index is 1110. The summed E-state index contributed by atoms with van der Waals surface area (Å²) < 4.78 is 10.6. The number of rotatable bonds is 5. The molecule has 0 unspecified atom stereocenters. The summed E-state index contributed by atoms with van der Waals surface area (Å²) >= 11 is 1.39. The van der Waals surface area contributed by atoms with Gasteiger partial charge in [0, 0.05) is 15.9 Å². The van der Waals surface area contributed by atoms with Gasteiger partial charge in [0.15, 0.2) is 0 Å². The summed E-state index contributed by atoms with van der Waals surface area (Å²) in [5.74, 6) is 0.212. The first-order chi connectivity index (χ1) is 14.2. The number of anilines is 1. The zero-order valence-electron chi connectivity index (χ0n) is 18.2. The molecule has 0 atom stereocenters. The summed E-state index contributed by atoms with van der Waals surface area (Å²) in [5.41, 5.74) is 1.53. The summed E-state index contributed by atoms with van der Waals surface area (Å²) in [6.07, 6.45) is 0. The molecular formula is C24H27NO4S. The number of carbonyl (C=O) groups is 2. The SMILES string of the molecule is CCOC(=O)c1c(NC(=O)C(C)(C)C)sc(C)c1-c1ccc2cc(OC)ccc2c1. The Morgan fingerprint density at radius 1 is 1.07 bits per heavy atom. The van der Waals surface area contributed by atoms with E-state index in [4.69, 9.17) is 9.47 Å². The highest BCUT2D eigenvalue weighted by Gasteiger charge is 2.28. The maximum absolute atomic E-state index is 12.9. The standard InChI is InChI=1S/C24H27NO4S/c1-7-29-22(26)20-19(14(2)30-21(20)25-23(27)24(3,4)5)17-9-8-16-13-18(28-6)11-10-15(16)12-17/h8-13H,7H2,1-6H3,(H,25,27). The molecule has 158 valence electrons. The predicted molar refractivity (Wildman–Crippen MR) is 123 cm³/mol. The van der Waals surface area contributed by atoms with E-state index in [0.29, 0.717) is 10.6 Å². The molecule has 0 saturated heterocycles. The number of methoxy groups -OCH3 is 1. The smallest absolute Gasteiger partial charge is 0.341 e. The zero-order valence-corrected chi connectivity index (χ0v) is 19.0. The average molecular weight is 426 g/mol. The van der Waals surface area contributed by atoms with Gasteiger partial charge in [-0.15, -0.1) is 11.3 Å².